The molecular formula is C29H35NO5S. The first kappa shape index (κ1) is 26.2. The van der Waals surface area contributed by atoms with Crippen molar-refractivity contribution in [3.05, 3.63) is 77.9 Å². The minimum absolute atomic E-state index is 0.0175. The lowest BCUT2D eigenvalue weighted by molar-refractivity contribution is 0.0714. The third-order valence-corrected chi connectivity index (χ3v) is 7.40. The van der Waals surface area contributed by atoms with Crippen LogP contribution in [0.5, 0.6) is 5.75 Å². The predicted octanol–water partition coefficient (Wildman–Crippen LogP) is 5.56. The maximum absolute atomic E-state index is 13.7. The number of ether oxygens (including phenoxy) is 1. The molecule has 0 radical (unpaired) electrons. The Balaban J connectivity index is 1.68. The van der Waals surface area contributed by atoms with Crippen molar-refractivity contribution in [1.29, 1.82) is 0 Å². The molecule has 0 saturated carbocycles. The van der Waals surface area contributed by atoms with Crippen LogP contribution in [0, 0.1) is 0 Å². The summed E-state index contributed by atoms with van der Waals surface area (Å²) in [7, 11) is -3.56. The average Bonchev–Trinajstić information content (AvgIpc) is 3.06. The molecule has 0 bridgehead atoms. The van der Waals surface area contributed by atoms with Crippen LogP contribution in [0.2, 0.25) is 0 Å². The lowest BCUT2D eigenvalue weighted by Crippen LogP contribution is -2.43. The van der Waals surface area contributed by atoms with Crippen LogP contribution in [-0.2, 0) is 19.7 Å². The van der Waals surface area contributed by atoms with E-state index in [9.17, 15) is 13.2 Å². The second kappa shape index (κ2) is 11.0. The molecule has 7 heteroatoms. The number of amides is 1. The van der Waals surface area contributed by atoms with Crippen molar-refractivity contribution in [2.45, 2.75) is 51.0 Å². The van der Waals surface area contributed by atoms with E-state index >= 15 is 0 Å². The second-order valence-electron chi connectivity index (χ2n) is 10.00. The smallest absolute Gasteiger partial charge is 0.264 e. The molecular weight excluding hydrogens is 474 g/mol. The molecule has 0 spiro atoms. The lowest BCUT2D eigenvalue weighted by atomic mass is 9.73. The fourth-order valence-electron chi connectivity index (χ4n) is 5.11. The zero-order valence-corrected chi connectivity index (χ0v) is 22.1. The molecule has 4 rings (SSSR count). The number of carbonyl (C=O) groups excluding carboxylic acids is 1. The SMILES string of the molecule is CC(C)Oc1cccc(C(=O)N2CCCC[C@](CCOS(C)(=O)=O)(c3ccc4ccccc4c3)C2)c1. The first-order valence-corrected chi connectivity index (χ1v) is 14.4. The van der Waals surface area contributed by atoms with Gasteiger partial charge in [0.05, 0.1) is 19.0 Å². The van der Waals surface area contributed by atoms with Gasteiger partial charge in [0.15, 0.2) is 0 Å². The summed E-state index contributed by atoms with van der Waals surface area (Å²) in [6, 6.07) is 21.9. The molecule has 0 N–H and O–H groups in total. The number of hydrogen-bond donors (Lipinski definition) is 0. The Bertz CT molecular complexity index is 1320. The topological polar surface area (TPSA) is 72.9 Å². The van der Waals surface area contributed by atoms with Crippen LogP contribution in [0.4, 0.5) is 0 Å². The van der Waals surface area contributed by atoms with Gasteiger partial charge in [-0.1, -0.05) is 55.0 Å². The van der Waals surface area contributed by atoms with Crippen LogP contribution >= 0.6 is 0 Å². The van der Waals surface area contributed by atoms with Crippen LogP contribution in [0.15, 0.2) is 66.7 Å². The summed E-state index contributed by atoms with van der Waals surface area (Å²) in [5, 5.41) is 2.27. The largest absolute Gasteiger partial charge is 0.491 e. The summed E-state index contributed by atoms with van der Waals surface area (Å²) < 4.78 is 34.4. The van der Waals surface area contributed by atoms with Crippen molar-refractivity contribution in [2.24, 2.45) is 0 Å². The lowest BCUT2D eigenvalue weighted by Gasteiger charge is -2.37. The molecule has 0 aromatic heterocycles. The zero-order valence-electron chi connectivity index (χ0n) is 21.3. The molecule has 192 valence electrons. The van der Waals surface area contributed by atoms with Crippen LogP contribution < -0.4 is 4.74 Å². The number of likely N-dealkylation sites (tertiary alicyclic amines) is 1. The quantitative estimate of drug-likeness (QED) is 0.372. The highest BCUT2D eigenvalue weighted by Gasteiger charge is 2.38. The Morgan fingerprint density at radius 1 is 1.00 bits per heavy atom. The molecule has 3 aromatic rings. The second-order valence-corrected chi connectivity index (χ2v) is 11.6. The first-order valence-electron chi connectivity index (χ1n) is 12.5. The minimum atomic E-state index is -3.56. The summed E-state index contributed by atoms with van der Waals surface area (Å²) in [5.74, 6) is 0.633. The van der Waals surface area contributed by atoms with Gasteiger partial charge < -0.3 is 9.64 Å². The maximum Gasteiger partial charge on any atom is 0.264 e. The number of benzene rings is 3. The minimum Gasteiger partial charge on any atom is -0.491 e. The Hall–Kier alpha value is -2.90. The van der Waals surface area contributed by atoms with Crippen molar-refractivity contribution < 1.29 is 22.1 Å². The number of fused-ring (bicyclic) bond motifs is 1. The molecule has 0 unspecified atom stereocenters. The predicted molar refractivity (Wildman–Crippen MR) is 143 cm³/mol. The Kier molecular flexibility index (Phi) is 8.00. The average molecular weight is 510 g/mol. The number of hydrogen-bond acceptors (Lipinski definition) is 5. The van der Waals surface area contributed by atoms with E-state index in [4.69, 9.17) is 8.92 Å². The summed E-state index contributed by atoms with van der Waals surface area (Å²) in [6.07, 6.45) is 4.26. The van der Waals surface area contributed by atoms with Gasteiger partial charge in [0.1, 0.15) is 5.75 Å². The summed E-state index contributed by atoms with van der Waals surface area (Å²) >= 11 is 0. The molecule has 1 atom stereocenters. The summed E-state index contributed by atoms with van der Waals surface area (Å²) in [6.45, 7) is 5.13. The van der Waals surface area contributed by atoms with Crippen molar-refractivity contribution in [3.63, 3.8) is 0 Å². The van der Waals surface area contributed by atoms with Crippen molar-refractivity contribution in [1.82, 2.24) is 4.90 Å². The molecule has 1 fully saturated rings. The van der Waals surface area contributed by atoms with Crippen LogP contribution in [0.1, 0.15) is 55.5 Å². The normalized spacial score (nSPS) is 18.8. The van der Waals surface area contributed by atoms with Gasteiger partial charge in [-0.2, -0.15) is 8.42 Å². The van der Waals surface area contributed by atoms with Crippen molar-refractivity contribution in [2.75, 3.05) is 26.0 Å². The Labute approximate surface area is 214 Å². The van der Waals surface area contributed by atoms with E-state index in [0.717, 1.165) is 41.9 Å². The highest BCUT2D eigenvalue weighted by atomic mass is 32.2. The van der Waals surface area contributed by atoms with E-state index in [0.29, 0.717) is 30.8 Å². The summed E-state index contributed by atoms with van der Waals surface area (Å²) in [4.78, 5) is 15.6. The van der Waals surface area contributed by atoms with Gasteiger partial charge in [-0.05, 0) is 67.6 Å². The highest BCUT2D eigenvalue weighted by molar-refractivity contribution is 7.85. The zero-order chi connectivity index (χ0) is 25.8. The summed E-state index contributed by atoms with van der Waals surface area (Å²) in [5.41, 5.74) is 1.28. The van der Waals surface area contributed by atoms with Gasteiger partial charge in [0.2, 0.25) is 0 Å². The van der Waals surface area contributed by atoms with Crippen molar-refractivity contribution in [3.8, 4) is 5.75 Å². The van der Waals surface area contributed by atoms with E-state index in [1.807, 2.05) is 49.1 Å². The third-order valence-electron chi connectivity index (χ3n) is 6.81. The molecule has 3 aromatic carbocycles. The third kappa shape index (κ3) is 6.45. The van der Waals surface area contributed by atoms with E-state index in [1.54, 1.807) is 6.07 Å². The maximum atomic E-state index is 13.7. The number of nitrogens with zero attached hydrogens (tertiary/aromatic N) is 1. The van der Waals surface area contributed by atoms with Gasteiger partial charge in [0.25, 0.3) is 16.0 Å². The van der Waals surface area contributed by atoms with Gasteiger partial charge >= 0.3 is 0 Å². The van der Waals surface area contributed by atoms with E-state index in [-0.39, 0.29) is 18.6 Å². The van der Waals surface area contributed by atoms with Gasteiger partial charge in [0, 0.05) is 24.1 Å². The van der Waals surface area contributed by atoms with Crippen LogP contribution in [-0.4, -0.2) is 51.3 Å². The molecule has 1 aliphatic rings. The van der Waals surface area contributed by atoms with Gasteiger partial charge in [-0.3, -0.25) is 8.98 Å². The van der Waals surface area contributed by atoms with Crippen molar-refractivity contribution >= 4 is 26.8 Å². The Morgan fingerprint density at radius 2 is 1.78 bits per heavy atom. The van der Waals surface area contributed by atoms with Gasteiger partial charge in [-0.25, -0.2) is 0 Å². The van der Waals surface area contributed by atoms with Crippen LogP contribution in [0.25, 0.3) is 10.8 Å². The molecule has 1 amide bonds. The van der Waals surface area contributed by atoms with E-state index in [1.165, 1.54) is 0 Å². The Morgan fingerprint density at radius 3 is 2.53 bits per heavy atom. The monoisotopic (exact) mass is 509 g/mol. The molecule has 6 nitrogen and oxygen atoms in total. The molecule has 1 saturated heterocycles. The van der Waals surface area contributed by atoms with Crippen LogP contribution in [0.3, 0.4) is 0 Å². The molecule has 1 heterocycles. The number of rotatable bonds is 8. The highest BCUT2D eigenvalue weighted by Crippen LogP contribution is 2.39. The fraction of sp³-hybridized carbons (Fsp3) is 0.414. The molecule has 0 aliphatic carbocycles. The standard InChI is InChI=1S/C29H35NO5S/c1-22(2)35-27-12-8-11-25(20-27)28(31)30-17-7-6-15-29(21-30,16-18-34-36(3,32)33)26-14-13-23-9-4-5-10-24(23)19-26/h4-5,8-14,19-20,22H,6-7,15-18,21H2,1-3H3/t29-/m1/s1. The molecule has 36 heavy (non-hydrogen) atoms. The molecule has 1 aliphatic heterocycles. The van der Waals surface area contributed by atoms with E-state index in [2.05, 4.69) is 30.3 Å². The first-order chi connectivity index (χ1) is 17.2. The van der Waals surface area contributed by atoms with Gasteiger partial charge in [-0.15, -0.1) is 0 Å². The van der Waals surface area contributed by atoms with E-state index < -0.39 is 15.5 Å². The fourth-order valence-corrected chi connectivity index (χ4v) is 5.50. The number of carbonyl (C=O) groups is 1.